The molecule has 262 valence electrons. The summed E-state index contributed by atoms with van der Waals surface area (Å²) in [5.74, 6) is -0.0155. The third kappa shape index (κ3) is 6.48. The van der Waals surface area contributed by atoms with Crippen LogP contribution in [-0.4, -0.2) is 73.2 Å². The summed E-state index contributed by atoms with van der Waals surface area (Å²) in [6.45, 7) is 8.21. The van der Waals surface area contributed by atoms with Crippen molar-refractivity contribution in [3.63, 3.8) is 0 Å². The monoisotopic (exact) mass is 693 g/mol. The lowest BCUT2D eigenvalue weighted by molar-refractivity contribution is -0.141. The third-order valence-corrected chi connectivity index (χ3v) is 10.4. The molecule has 5 heterocycles. The van der Waals surface area contributed by atoms with Crippen LogP contribution in [0.15, 0.2) is 77.5 Å². The predicted molar refractivity (Wildman–Crippen MR) is 199 cm³/mol. The number of likely N-dealkylation sites (tertiary alicyclic amines) is 2. The largest absolute Gasteiger partial charge is 0.481 e. The molecule has 11 nitrogen and oxygen atoms in total. The highest BCUT2D eigenvalue weighted by Gasteiger charge is 2.28. The van der Waals surface area contributed by atoms with Crippen LogP contribution in [0.3, 0.4) is 0 Å². The van der Waals surface area contributed by atoms with Crippen LogP contribution in [0.25, 0.3) is 44.6 Å². The van der Waals surface area contributed by atoms with Crippen LogP contribution in [0.2, 0.25) is 0 Å². The highest BCUT2D eigenvalue weighted by molar-refractivity contribution is 5.91. The molecule has 2 aliphatic heterocycles. The fraction of sp³-hybridized carbons (Fsp3) is 0.293. The van der Waals surface area contributed by atoms with Crippen molar-refractivity contribution >= 4 is 39.5 Å². The Balaban J connectivity index is 1.07. The SMILES string of the molecule is Cc1c(Nc2nccc3cc(CN4CC[C@H](O)C4)cnc23)cccc1-c1cccc(-c2nc3cc(CN4CC[C@@H](C(=O)O)C4)cc(C#N)c3o2)c1C. The zero-order chi connectivity index (χ0) is 35.9. The zero-order valence-electron chi connectivity index (χ0n) is 29.1. The molecule has 0 unspecified atom stereocenters. The first kappa shape index (κ1) is 33.5. The molecule has 2 saturated heterocycles. The van der Waals surface area contributed by atoms with Crippen molar-refractivity contribution in [2.75, 3.05) is 31.5 Å². The number of β-amino-alcohol motifs (C(OH)–C–C–N with tert-alkyl or cyclic N) is 1. The minimum atomic E-state index is -0.767. The van der Waals surface area contributed by atoms with Crippen molar-refractivity contribution in [1.82, 2.24) is 24.8 Å². The molecule has 8 rings (SSSR count). The van der Waals surface area contributed by atoms with Crippen LogP contribution in [0.4, 0.5) is 11.5 Å². The highest BCUT2D eigenvalue weighted by atomic mass is 16.4. The molecule has 3 aromatic carbocycles. The van der Waals surface area contributed by atoms with E-state index in [0.717, 1.165) is 75.0 Å². The molecule has 3 aromatic heterocycles. The van der Waals surface area contributed by atoms with Crippen molar-refractivity contribution in [3.8, 4) is 28.7 Å². The number of fused-ring (bicyclic) bond motifs is 2. The number of rotatable bonds is 9. The Hall–Kier alpha value is -5.67. The van der Waals surface area contributed by atoms with Gasteiger partial charge in [0.15, 0.2) is 11.4 Å². The molecule has 0 spiro atoms. The molecule has 0 amide bonds. The van der Waals surface area contributed by atoms with Gasteiger partial charge in [-0.15, -0.1) is 0 Å². The van der Waals surface area contributed by atoms with E-state index in [2.05, 4.69) is 58.2 Å². The van der Waals surface area contributed by atoms with Gasteiger partial charge in [0.25, 0.3) is 0 Å². The van der Waals surface area contributed by atoms with Gasteiger partial charge in [-0.05, 0) is 103 Å². The smallest absolute Gasteiger partial charge is 0.307 e. The topological polar surface area (TPSA) is 152 Å². The van der Waals surface area contributed by atoms with Crippen molar-refractivity contribution in [2.24, 2.45) is 5.92 Å². The second kappa shape index (κ2) is 13.8. The fourth-order valence-electron chi connectivity index (χ4n) is 7.66. The van der Waals surface area contributed by atoms with Crippen molar-refractivity contribution in [1.29, 1.82) is 5.26 Å². The first-order valence-electron chi connectivity index (χ1n) is 17.6. The molecular formula is C41H39N7O4. The van der Waals surface area contributed by atoms with E-state index in [1.54, 1.807) is 6.20 Å². The van der Waals surface area contributed by atoms with Gasteiger partial charge >= 0.3 is 5.97 Å². The summed E-state index contributed by atoms with van der Waals surface area (Å²) < 4.78 is 6.28. The lowest BCUT2D eigenvalue weighted by Crippen LogP contribution is -2.22. The number of nitrogens with zero attached hydrogens (tertiary/aromatic N) is 6. The summed E-state index contributed by atoms with van der Waals surface area (Å²) >= 11 is 0. The Morgan fingerprint density at radius 1 is 0.942 bits per heavy atom. The second-order valence-corrected chi connectivity index (χ2v) is 14.0. The summed E-state index contributed by atoms with van der Waals surface area (Å²) in [5.41, 5.74) is 10.1. The number of hydrogen-bond donors (Lipinski definition) is 3. The number of benzene rings is 3. The summed E-state index contributed by atoms with van der Waals surface area (Å²) in [6.07, 6.45) is 4.87. The predicted octanol–water partition coefficient (Wildman–Crippen LogP) is 6.81. The van der Waals surface area contributed by atoms with Gasteiger partial charge in [0.05, 0.1) is 17.6 Å². The van der Waals surface area contributed by atoms with E-state index < -0.39 is 5.97 Å². The lowest BCUT2D eigenvalue weighted by Gasteiger charge is -2.17. The van der Waals surface area contributed by atoms with E-state index >= 15 is 0 Å². The molecule has 3 N–H and O–H groups in total. The maximum absolute atomic E-state index is 11.5. The number of carboxylic acids is 1. The van der Waals surface area contributed by atoms with Gasteiger partial charge in [-0.2, -0.15) is 5.26 Å². The standard InChI is InChI=1S/C41H39N7O4/c1-24-32(5-3-7-34(24)40-46-36-17-26(15-30(18-42)38(36)52-40)20-47-13-10-29(22-47)41(50)51)33-6-4-8-35(25(33)2)45-39-37-28(9-12-43-39)16-27(19-44-37)21-48-14-11-31(49)23-48/h3-9,12,15-17,19,29,31,49H,10-11,13-14,20-23H2,1-2H3,(H,43,45)(H,50,51)/t29-,31+/m1/s1. The molecule has 0 aliphatic carbocycles. The van der Waals surface area contributed by atoms with Crippen LogP contribution in [-0.2, 0) is 17.9 Å². The Morgan fingerprint density at radius 3 is 2.46 bits per heavy atom. The first-order valence-corrected chi connectivity index (χ1v) is 17.6. The zero-order valence-corrected chi connectivity index (χ0v) is 29.1. The molecule has 2 atom stereocenters. The minimum absolute atomic E-state index is 0.254. The number of hydrogen-bond acceptors (Lipinski definition) is 10. The number of aliphatic hydroxyl groups is 1. The fourth-order valence-corrected chi connectivity index (χ4v) is 7.66. The lowest BCUT2D eigenvalue weighted by atomic mass is 9.93. The Morgan fingerprint density at radius 2 is 1.69 bits per heavy atom. The van der Waals surface area contributed by atoms with Gasteiger partial charge in [-0.25, -0.2) is 9.97 Å². The number of aromatic nitrogens is 3. The maximum atomic E-state index is 11.5. The number of nitriles is 1. The quantitative estimate of drug-likeness (QED) is 0.146. The van der Waals surface area contributed by atoms with Gasteiger partial charge in [0.1, 0.15) is 17.1 Å². The van der Waals surface area contributed by atoms with E-state index in [-0.39, 0.29) is 12.0 Å². The number of pyridine rings is 2. The number of anilines is 2. The number of aliphatic carboxylic acids is 1. The molecule has 11 heteroatoms. The molecule has 0 saturated carbocycles. The average Bonchev–Trinajstić information content (AvgIpc) is 3.89. The van der Waals surface area contributed by atoms with E-state index in [0.29, 0.717) is 61.0 Å². The van der Waals surface area contributed by atoms with Crippen molar-refractivity contribution in [2.45, 2.75) is 45.9 Å². The number of carbonyl (C=O) groups is 1. The van der Waals surface area contributed by atoms with Crippen LogP contribution >= 0.6 is 0 Å². The van der Waals surface area contributed by atoms with Crippen molar-refractivity contribution < 1.29 is 19.4 Å². The molecule has 6 aromatic rings. The van der Waals surface area contributed by atoms with E-state index in [9.17, 15) is 20.3 Å². The average molecular weight is 694 g/mol. The summed E-state index contributed by atoms with van der Waals surface area (Å²) in [7, 11) is 0. The van der Waals surface area contributed by atoms with Gasteiger partial charge in [-0.1, -0.05) is 24.3 Å². The van der Waals surface area contributed by atoms with Gasteiger partial charge < -0.3 is 19.9 Å². The number of oxazole rings is 1. The van der Waals surface area contributed by atoms with Crippen LogP contribution < -0.4 is 5.32 Å². The van der Waals surface area contributed by atoms with Crippen molar-refractivity contribution in [3.05, 3.63) is 101 Å². The molecule has 52 heavy (non-hydrogen) atoms. The van der Waals surface area contributed by atoms with Gasteiger partial charge in [-0.3, -0.25) is 19.6 Å². The summed E-state index contributed by atoms with van der Waals surface area (Å²) in [4.78, 5) is 30.1. The highest BCUT2D eigenvalue weighted by Crippen LogP contribution is 2.38. The number of carboxylic acid groups (broad SMARTS) is 1. The molecular weight excluding hydrogens is 654 g/mol. The van der Waals surface area contributed by atoms with Crippen LogP contribution in [0.1, 0.15) is 40.7 Å². The van der Waals surface area contributed by atoms with Crippen LogP contribution in [0, 0.1) is 31.1 Å². The maximum Gasteiger partial charge on any atom is 0.307 e. The van der Waals surface area contributed by atoms with E-state index in [1.807, 2.05) is 48.7 Å². The van der Waals surface area contributed by atoms with E-state index in [1.165, 1.54) is 0 Å². The molecule has 2 aliphatic rings. The Kier molecular flexibility index (Phi) is 8.89. The third-order valence-electron chi connectivity index (χ3n) is 10.4. The van der Waals surface area contributed by atoms with Gasteiger partial charge in [0.2, 0.25) is 5.89 Å². The first-order chi connectivity index (χ1) is 25.2. The van der Waals surface area contributed by atoms with E-state index in [4.69, 9.17) is 14.4 Å². The Labute approximate surface area is 301 Å². The van der Waals surface area contributed by atoms with Gasteiger partial charge in [0, 0.05) is 61.8 Å². The molecule has 0 bridgehead atoms. The minimum Gasteiger partial charge on any atom is -0.481 e. The van der Waals surface area contributed by atoms with Crippen LogP contribution in [0.5, 0.6) is 0 Å². The molecule has 2 fully saturated rings. The number of nitrogens with one attached hydrogen (secondary N) is 1. The normalized spacial score (nSPS) is 18.0. The second-order valence-electron chi connectivity index (χ2n) is 14.0. The molecule has 0 radical (unpaired) electrons. The number of aliphatic hydroxyl groups excluding tert-OH is 1. The summed E-state index contributed by atoms with van der Waals surface area (Å²) in [5, 5.41) is 33.9. The summed E-state index contributed by atoms with van der Waals surface area (Å²) in [6, 6.07) is 22.4. The Bertz CT molecular complexity index is 2380.